The summed E-state index contributed by atoms with van der Waals surface area (Å²) in [6, 6.07) is 5.30. The number of benzene rings is 1. The van der Waals surface area contributed by atoms with Gasteiger partial charge < -0.3 is 20.5 Å². The summed E-state index contributed by atoms with van der Waals surface area (Å²) in [5, 5.41) is 2.94. The second kappa shape index (κ2) is 7.31. The van der Waals surface area contributed by atoms with Crippen molar-refractivity contribution in [3.63, 3.8) is 0 Å². The molecule has 21 heavy (non-hydrogen) atoms. The third-order valence-corrected chi connectivity index (χ3v) is 4.06. The molecular formula is C16H24N2O3. The van der Waals surface area contributed by atoms with Gasteiger partial charge in [-0.25, -0.2) is 0 Å². The molecule has 116 valence electrons. The van der Waals surface area contributed by atoms with Crippen molar-refractivity contribution in [2.45, 2.75) is 38.1 Å². The van der Waals surface area contributed by atoms with E-state index in [1.807, 2.05) is 6.07 Å². The fourth-order valence-corrected chi connectivity index (χ4v) is 2.81. The number of rotatable bonds is 4. The molecule has 0 heterocycles. The van der Waals surface area contributed by atoms with Gasteiger partial charge in [0.15, 0.2) is 11.5 Å². The maximum absolute atomic E-state index is 12.4. The van der Waals surface area contributed by atoms with Gasteiger partial charge in [0.1, 0.15) is 0 Å². The Kier molecular flexibility index (Phi) is 5.44. The van der Waals surface area contributed by atoms with Crippen molar-refractivity contribution in [3.05, 3.63) is 18.2 Å². The summed E-state index contributed by atoms with van der Waals surface area (Å²) in [6.45, 7) is 0. The minimum atomic E-state index is -0.111. The highest BCUT2D eigenvalue weighted by atomic mass is 16.5. The van der Waals surface area contributed by atoms with E-state index in [0.29, 0.717) is 17.2 Å². The van der Waals surface area contributed by atoms with Crippen LogP contribution in [0.2, 0.25) is 0 Å². The van der Waals surface area contributed by atoms with E-state index in [4.69, 9.17) is 15.2 Å². The predicted octanol–water partition coefficient (Wildman–Crippen LogP) is 2.55. The van der Waals surface area contributed by atoms with Gasteiger partial charge in [-0.05, 0) is 25.0 Å². The first kappa shape index (κ1) is 15.6. The smallest absolute Gasteiger partial charge is 0.229 e. The van der Waals surface area contributed by atoms with Gasteiger partial charge >= 0.3 is 0 Å². The molecule has 1 amide bonds. The Morgan fingerprint density at radius 3 is 2.57 bits per heavy atom. The minimum Gasteiger partial charge on any atom is -0.493 e. The van der Waals surface area contributed by atoms with Crippen molar-refractivity contribution < 1.29 is 14.3 Å². The highest BCUT2D eigenvalue weighted by Crippen LogP contribution is 2.30. The second-order valence-electron chi connectivity index (χ2n) is 5.47. The Morgan fingerprint density at radius 1 is 1.14 bits per heavy atom. The second-order valence-corrected chi connectivity index (χ2v) is 5.47. The lowest BCUT2D eigenvalue weighted by Crippen LogP contribution is -2.37. The number of amides is 1. The molecule has 1 aliphatic rings. The first-order valence-corrected chi connectivity index (χ1v) is 7.44. The number of nitrogens with two attached hydrogens (primary N) is 1. The number of ether oxygens (including phenoxy) is 2. The van der Waals surface area contributed by atoms with Gasteiger partial charge in [-0.3, -0.25) is 4.79 Å². The van der Waals surface area contributed by atoms with Crippen molar-refractivity contribution in [1.82, 2.24) is 0 Å². The molecule has 1 aromatic carbocycles. The van der Waals surface area contributed by atoms with Crippen molar-refractivity contribution in [3.8, 4) is 11.5 Å². The lowest BCUT2D eigenvalue weighted by atomic mass is 9.94. The van der Waals surface area contributed by atoms with Gasteiger partial charge in [0.2, 0.25) is 5.91 Å². The molecule has 1 fully saturated rings. The fourth-order valence-electron chi connectivity index (χ4n) is 2.81. The molecule has 1 aliphatic carbocycles. The number of hydrogen-bond donors (Lipinski definition) is 2. The van der Waals surface area contributed by atoms with Gasteiger partial charge in [-0.15, -0.1) is 0 Å². The van der Waals surface area contributed by atoms with Crippen molar-refractivity contribution in [2.75, 3.05) is 19.5 Å². The summed E-state index contributed by atoms with van der Waals surface area (Å²) in [5.41, 5.74) is 6.83. The third kappa shape index (κ3) is 3.88. The Hall–Kier alpha value is -1.75. The Balaban J connectivity index is 2.08. The van der Waals surface area contributed by atoms with Gasteiger partial charge in [0.05, 0.1) is 20.1 Å². The molecule has 1 aromatic rings. The molecule has 2 rings (SSSR count). The predicted molar refractivity (Wildman–Crippen MR) is 82.7 cm³/mol. The van der Waals surface area contributed by atoms with Crippen LogP contribution in [0.4, 0.5) is 5.69 Å². The lowest BCUT2D eigenvalue weighted by Gasteiger charge is -2.20. The van der Waals surface area contributed by atoms with E-state index in [2.05, 4.69) is 5.32 Å². The Labute approximate surface area is 125 Å². The van der Waals surface area contributed by atoms with Crippen molar-refractivity contribution in [2.24, 2.45) is 11.7 Å². The van der Waals surface area contributed by atoms with Gasteiger partial charge in [0.25, 0.3) is 0 Å². The van der Waals surface area contributed by atoms with E-state index in [1.54, 1.807) is 26.4 Å². The molecule has 1 saturated carbocycles. The largest absolute Gasteiger partial charge is 0.493 e. The SMILES string of the molecule is COc1ccc(NC(=O)C2CCCCCC2N)cc1OC. The van der Waals surface area contributed by atoms with Crippen molar-refractivity contribution in [1.29, 1.82) is 0 Å². The van der Waals surface area contributed by atoms with E-state index in [-0.39, 0.29) is 17.9 Å². The highest BCUT2D eigenvalue weighted by molar-refractivity contribution is 5.93. The topological polar surface area (TPSA) is 73.6 Å². The third-order valence-electron chi connectivity index (χ3n) is 4.06. The summed E-state index contributed by atoms with van der Waals surface area (Å²) < 4.78 is 10.4. The number of hydrogen-bond acceptors (Lipinski definition) is 4. The number of carbonyl (C=O) groups excluding carboxylic acids is 1. The average Bonchev–Trinajstić information content (AvgIpc) is 2.71. The first-order valence-electron chi connectivity index (χ1n) is 7.44. The molecular weight excluding hydrogens is 268 g/mol. The summed E-state index contributed by atoms with van der Waals surface area (Å²) >= 11 is 0. The van der Waals surface area contributed by atoms with Crippen LogP contribution in [0.15, 0.2) is 18.2 Å². The zero-order valence-electron chi connectivity index (χ0n) is 12.7. The molecule has 0 radical (unpaired) electrons. The molecule has 2 atom stereocenters. The molecule has 3 N–H and O–H groups in total. The van der Waals surface area contributed by atoms with Gasteiger partial charge in [-0.2, -0.15) is 0 Å². The van der Waals surface area contributed by atoms with E-state index < -0.39 is 0 Å². The van der Waals surface area contributed by atoms with Gasteiger partial charge in [-0.1, -0.05) is 19.3 Å². The zero-order valence-corrected chi connectivity index (χ0v) is 12.7. The molecule has 2 unspecified atom stereocenters. The Bertz CT molecular complexity index is 490. The molecule has 5 heteroatoms. The monoisotopic (exact) mass is 292 g/mol. The quantitative estimate of drug-likeness (QED) is 0.836. The van der Waals surface area contributed by atoms with Gasteiger partial charge in [0, 0.05) is 17.8 Å². The summed E-state index contributed by atoms with van der Waals surface area (Å²) in [7, 11) is 3.16. The average molecular weight is 292 g/mol. The number of methoxy groups -OCH3 is 2. The van der Waals surface area contributed by atoms with Crippen LogP contribution in [-0.2, 0) is 4.79 Å². The van der Waals surface area contributed by atoms with Crippen LogP contribution < -0.4 is 20.5 Å². The summed E-state index contributed by atoms with van der Waals surface area (Å²) in [6.07, 6.45) is 5.12. The van der Waals surface area contributed by atoms with Crippen LogP contribution >= 0.6 is 0 Å². The molecule has 0 spiro atoms. The molecule has 0 aliphatic heterocycles. The maximum Gasteiger partial charge on any atom is 0.229 e. The van der Waals surface area contributed by atoms with Crippen LogP contribution in [0, 0.1) is 5.92 Å². The van der Waals surface area contributed by atoms with Crippen molar-refractivity contribution >= 4 is 11.6 Å². The molecule has 0 aromatic heterocycles. The maximum atomic E-state index is 12.4. The van der Waals surface area contributed by atoms with E-state index in [0.717, 1.165) is 32.1 Å². The molecule has 0 bridgehead atoms. The van der Waals surface area contributed by atoms with E-state index in [1.165, 1.54) is 0 Å². The first-order chi connectivity index (χ1) is 10.2. The standard InChI is InChI=1S/C16H24N2O3/c1-20-14-9-8-11(10-15(14)21-2)18-16(19)12-6-4-3-5-7-13(12)17/h8-10,12-13H,3-7,17H2,1-2H3,(H,18,19). The van der Waals surface area contributed by atoms with E-state index in [9.17, 15) is 4.79 Å². The lowest BCUT2D eigenvalue weighted by molar-refractivity contribution is -0.120. The fraction of sp³-hybridized carbons (Fsp3) is 0.562. The normalized spacial score (nSPS) is 22.2. The number of carbonyl (C=O) groups is 1. The zero-order chi connectivity index (χ0) is 15.2. The van der Waals surface area contributed by atoms with Crippen LogP contribution in [0.3, 0.4) is 0 Å². The number of anilines is 1. The molecule has 0 saturated heterocycles. The van der Waals surface area contributed by atoms with Crippen LogP contribution in [-0.4, -0.2) is 26.2 Å². The molecule has 5 nitrogen and oxygen atoms in total. The van der Waals surface area contributed by atoms with Crippen LogP contribution in [0.1, 0.15) is 32.1 Å². The van der Waals surface area contributed by atoms with Crippen LogP contribution in [0.25, 0.3) is 0 Å². The minimum absolute atomic E-state index is 0.00313. The van der Waals surface area contributed by atoms with Crippen LogP contribution in [0.5, 0.6) is 11.5 Å². The highest BCUT2D eigenvalue weighted by Gasteiger charge is 2.27. The summed E-state index contributed by atoms with van der Waals surface area (Å²) in [5.74, 6) is 1.12. The summed E-state index contributed by atoms with van der Waals surface area (Å²) in [4.78, 5) is 12.4. The number of nitrogens with one attached hydrogen (secondary N) is 1. The van der Waals surface area contributed by atoms with E-state index >= 15 is 0 Å². The Morgan fingerprint density at radius 2 is 1.86 bits per heavy atom.